The number of hydrogen-bond donors (Lipinski definition) is 2. The Bertz CT molecular complexity index is 365. The van der Waals surface area contributed by atoms with Crippen molar-refractivity contribution in [1.29, 1.82) is 0 Å². The number of amides is 1. The zero-order chi connectivity index (χ0) is 10.1. The first kappa shape index (κ1) is 9.02. The van der Waals surface area contributed by atoms with Gasteiger partial charge in [0.2, 0.25) is 5.91 Å². The molecule has 1 aliphatic heterocycles. The number of nitrogens with two attached hydrogens (primary N) is 1. The fraction of sp³-hybridized carbons (Fsp3) is 0.300. The lowest BCUT2D eigenvalue weighted by Crippen LogP contribution is -2.26. The summed E-state index contributed by atoms with van der Waals surface area (Å²) in [5, 5.41) is 9.32. The summed E-state index contributed by atoms with van der Waals surface area (Å²) in [5.41, 5.74) is 6.99. The Kier molecular flexibility index (Phi) is 2.13. The molecule has 0 spiro atoms. The number of benzene rings is 1. The molecule has 0 saturated carbocycles. The average Bonchev–Trinajstić information content (AvgIpc) is 2.46. The summed E-state index contributed by atoms with van der Waals surface area (Å²) in [6.07, 6.45) is -0.379. The summed E-state index contributed by atoms with van der Waals surface area (Å²) in [6.45, 7) is 0.340. The van der Waals surface area contributed by atoms with Gasteiger partial charge in [-0.1, -0.05) is 12.1 Å². The minimum Gasteiger partial charge on any atom is -0.397 e. The van der Waals surface area contributed by atoms with Crippen LogP contribution < -0.4 is 10.6 Å². The topological polar surface area (TPSA) is 66.6 Å². The Morgan fingerprint density at radius 1 is 1.43 bits per heavy atom. The fourth-order valence-corrected chi connectivity index (χ4v) is 1.65. The van der Waals surface area contributed by atoms with E-state index < -0.39 is 6.10 Å². The van der Waals surface area contributed by atoms with Crippen LogP contribution >= 0.6 is 0 Å². The molecule has 2 rings (SSSR count). The van der Waals surface area contributed by atoms with Crippen LogP contribution in [0, 0.1) is 0 Å². The predicted octanol–water partition coefficient (Wildman–Crippen LogP) is 0.366. The number of hydrogen-bond acceptors (Lipinski definition) is 3. The fourth-order valence-electron chi connectivity index (χ4n) is 1.65. The van der Waals surface area contributed by atoms with Crippen molar-refractivity contribution in [3.63, 3.8) is 0 Å². The predicted molar refractivity (Wildman–Crippen MR) is 53.8 cm³/mol. The number of carbonyl (C=O) groups excluding carboxylic acids is 1. The van der Waals surface area contributed by atoms with Gasteiger partial charge in [0, 0.05) is 0 Å². The van der Waals surface area contributed by atoms with Crippen LogP contribution in [0.2, 0.25) is 0 Å². The second kappa shape index (κ2) is 3.31. The van der Waals surface area contributed by atoms with E-state index in [2.05, 4.69) is 0 Å². The number of β-amino-alcohol motifs (C(OH)–C–C–N with tert-alkyl or cyclic N) is 1. The molecule has 0 radical (unpaired) electrons. The van der Waals surface area contributed by atoms with E-state index >= 15 is 0 Å². The van der Waals surface area contributed by atoms with Crippen molar-refractivity contribution < 1.29 is 9.90 Å². The van der Waals surface area contributed by atoms with E-state index in [-0.39, 0.29) is 12.3 Å². The summed E-state index contributed by atoms with van der Waals surface area (Å²) < 4.78 is 0. The Hall–Kier alpha value is -1.55. The molecule has 1 fully saturated rings. The first-order valence-electron chi connectivity index (χ1n) is 4.51. The number of para-hydroxylation sites is 2. The van der Waals surface area contributed by atoms with Crippen LogP contribution in [-0.2, 0) is 4.79 Å². The number of nitrogens with zero attached hydrogens (tertiary/aromatic N) is 1. The molecular weight excluding hydrogens is 180 g/mol. The molecule has 14 heavy (non-hydrogen) atoms. The third-order valence-electron chi connectivity index (χ3n) is 2.33. The molecule has 1 unspecified atom stereocenters. The lowest BCUT2D eigenvalue weighted by Gasteiger charge is -2.17. The van der Waals surface area contributed by atoms with Crippen molar-refractivity contribution in [2.24, 2.45) is 0 Å². The first-order chi connectivity index (χ1) is 6.68. The van der Waals surface area contributed by atoms with Crippen LogP contribution in [-0.4, -0.2) is 23.7 Å². The van der Waals surface area contributed by atoms with Crippen LogP contribution in [0.25, 0.3) is 0 Å². The normalized spacial score (nSPS) is 21.6. The minimum absolute atomic E-state index is 0.0737. The molecule has 4 nitrogen and oxygen atoms in total. The van der Waals surface area contributed by atoms with E-state index in [0.717, 1.165) is 0 Å². The maximum Gasteiger partial charge on any atom is 0.229 e. The summed E-state index contributed by atoms with van der Waals surface area (Å²) in [5.74, 6) is -0.0737. The smallest absolute Gasteiger partial charge is 0.229 e. The summed E-state index contributed by atoms with van der Waals surface area (Å²) in [6, 6.07) is 7.16. The lowest BCUT2D eigenvalue weighted by atomic mass is 10.2. The zero-order valence-electron chi connectivity index (χ0n) is 7.68. The van der Waals surface area contributed by atoms with Crippen LogP contribution in [0.4, 0.5) is 11.4 Å². The Morgan fingerprint density at radius 2 is 2.14 bits per heavy atom. The van der Waals surface area contributed by atoms with Gasteiger partial charge in [-0.05, 0) is 12.1 Å². The van der Waals surface area contributed by atoms with E-state index in [0.29, 0.717) is 17.9 Å². The summed E-state index contributed by atoms with van der Waals surface area (Å²) in [4.78, 5) is 13.0. The van der Waals surface area contributed by atoms with Gasteiger partial charge in [0.25, 0.3) is 0 Å². The van der Waals surface area contributed by atoms with Gasteiger partial charge in [-0.3, -0.25) is 4.79 Å². The molecule has 1 atom stereocenters. The number of carbonyl (C=O) groups is 1. The third kappa shape index (κ3) is 1.44. The van der Waals surface area contributed by atoms with E-state index in [4.69, 9.17) is 5.73 Å². The van der Waals surface area contributed by atoms with Crippen LogP contribution in [0.5, 0.6) is 0 Å². The van der Waals surface area contributed by atoms with Gasteiger partial charge in [-0.25, -0.2) is 0 Å². The first-order valence-corrected chi connectivity index (χ1v) is 4.51. The highest BCUT2D eigenvalue weighted by atomic mass is 16.3. The highest BCUT2D eigenvalue weighted by Gasteiger charge is 2.29. The van der Waals surface area contributed by atoms with Gasteiger partial charge in [-0.15, -0.1) is 0 Å². The van der Waals surface area contributed by atoms with E-state index in [9.17, 15) is 9.90 Å². The van der Waals surface area contributed by atoms with Crippen LogP contribution in [0.3, 0.4) is 0 Å². The highest BCUT2D eigenvalue weighted by Crippen LogP contribution is 2.26. The molecule has 0 bridgehead atoms. The van der Waals surface area contributed by atoms with Crippen molar-refractivity contribution >= 4 is 17.3 Å². The molecule has 3 N–H and O–H groups in total. The number of anilines is 2. The van der Waals surface area contributed by atoms with E-state index in [1.54, 1.807) is 12.1 Å². The van der Waals surface area contributed by atoms with Gasteiger partial charge in [0.05, 0.1) is 30.4 Å². The minimum atomic E-state index is -0.567. The molecule has 1 saturated heterocycles. The molecule has 74 valence electrons. The van der Waals surface area contributed by atoms with Crippen LogP contribution in [0.1, 0.15) is 6.42 Å². The standard InChI is InChI=1S/C10H12N2O2/c11-8-3-1-2-4-9(8)12-6-7(13)5-10(12)14/h1-4,7,13H,5-6,11H2. The number of rotatable bonds is 1. The average molecular weight is 192 g/mol. The summed E-state index contributed by atoms with van der Waals surface area (Å²) in [7, 11) is 0. The lowest BCUT2D eigenvalue weighted by molar-refractivity contribution is -0.117. The SMILES string of the molecule is Nc1ccccc1N1CC(O)CC1=O. The molecule has 0 aromatic heterocycles. The van der Waals surface area contributed by atoms with Crippen molar-refractivity contribution in [3.8, 4) is 0 Å². The second-order valence-electron chi connectivity index (χ2n) is 3.42. The van der Waals surface area contributed by atoms with Crippen molar-refractivity contribution in [2.75, 3.05) is 17.2 Å². The van der Waals surface area contributed by atoms with Crippen molar-refractivity contribution in [1.82, 2.24) is 0 Å². The maximum absolute atomic E-state index is 11.4. The Balaban J connectivity index is 2.32. The molecule has 1 amide bonds. The maximum atomic E-state index is 11.4. The summed E-state index contributed by atoms with van der Waals surface area (Å²) >= 11 is 0. The molecule has 1 aliphatic rings. The Labute approximate surface area is 81.9 Å². The highest BCUT2D eigenvalue weighted by molar-refractivity contribution is 5.98. The van der Waals surface area contributed by atoms with Gasteiger partial charge in [0.1, 0.15) is 0 Å². The monoisotopic (exact) mass is 192 g/mol. The van der Waals surface area contributed by atoms with Gasteiger partial charge < -0.3 is 15.7 Å². The van der Waals surface area contributed by atoms with Crippen molar-refractivity contribution in [3.05, 3.63) is 24.3 Å². The number of aliphatic hydroxyl groups excluding tert-OH is 1. The van der Waals surface area contributed by atoms with Gasteiger partial charge in [0.15, 0.2) is 0 Å². The second-order valence-corrected chi connectivity index (χ2v) is 3.42. The third-order valence-corrected chi connectivity index (χ3v) is 2.33. The molecule has 4 heteroatoms. The molecule has 1 aromatic carbocycles. The Morgan fingerprint density at radius 3 is 2.71 bits per heavy atom. The molecule has 1 heterocycles. The molecule has 0 aliphatic carbocycles. The number of nitrogen functional groups attached to an aromatic ring is 1. The molecular formula is C10H12N2O2. The number of aliphatic hydroxyl groups is 1. The zero-order valence-corrected chi connectivity index (χ0v) is 7.68. The van der Waals surface area contributed by atoms with Crippen molar-refractivity contribution in [2.45, 2.75) is 12.5 Å². The largest absolute Gasteiger partial charge is 0.397 e. The molecule has 1 aromatic rings. The van der Waals surface area contributed by atoms with Gasteiger partial charge >= 0.3 is 0 Å². The van der Waals surface area contributed by atoms with Crippen LogP contribution in [0.15, 0.2) is 24.3 Å². The quantitative estimate of drug-likeness (QED) is 0.631. The van der Waals surface area contributed by atoms with E-state index in [1.807, 2.05) is 12.1 Å². The van der Waals surface area contributed by atoms with E-state index in [1.165, 1.54) is 4.90 Å². The van der Waals surface area contributed by atoms with Gasteiger partial charge in [-0.2, -0.15) is 0 Å².